The number of carbonyl (C=O) groups is 1. The van der Waals surface area contributed by atoms with E-state index in [1.165, 1.54) is 0 Å². The molecule has 1 unspecified atom stereocenters. The summed E-state index contributed by atoms with van der Waals surface area (Å²) in [6, 6.07) is 2.16. The molecule has 4 rings (SSSR count). The highest BCUT2D eigenvalue weighted by molar-refractivity contribution is 6.01. The molecule has 8 nitrogen and oxygen atoms in total. The van der Waals surface area contributed by atoms with Crippen LogP contribution in [0.3, 0.4) is 0 Å². The molecule has 0 spiro atoms. The molecule has 26 heavy (non-hydrogen) atoms. The molecule has 1 saturated heterocycles. The summed E-state index contributed by atoms with van der Waals surface area (Å²) in [5.41, 5.74) is 2.85. The van der Waals surface area contributed by atoms with E-state index in [4.69, 9.17) is 9.72 Å². The molecule has 8 heteroatoms. The van der Waals surface area contributed by atoms with Crippen molar-refractivity contribution >= 4 is 28.1 Å². The van der Waals surface area contributed by atoms with E-state index < -0.39 is 0 Å². The van der Waals surface area contributed by atoms with Gasteiger partial charge in [-0.25, -0.2) is 14.8 Å². The number of fused-ring (bicyclic) bond motifs is 3. The fourth-order valence-corrected chi connectivity index (χ4v) is 3.65. The minimum absolute atomic E-state index is 0.147. The predicted molar refractivity (Wildman–Crippen MR) is 99.3 cm³/mol. The van der Waals surface area contributed by atoms with Crippen LogP contribution < -0.4 is 10.6 Å². The number of amides is 2. The number of rotatable bonds is 5. The number of carbonyl (C=O) groups excluding carboxylic acids is 1. The summed E-state index contributed by atoms with van der Waals surface area (Å²) in [6.45, 7) is 4.55. The largest absolute Gasteiger partial charge is 0.379 e. The summed E-state index contributed by atoms with van der Waals surface area (Å²) in [5, 5.41) is 6.70. The number of nitrogens with one attached hydrogen (secondary N) is 3. The van der Waals surface area contributed by atoms with Crippen LogP contribution in [-0.2, 0) is 11.2 Å². The maximum atomic E-state index is 11.6. The fourth-order valence-electron chi connectivity index (χ4n) is 3.65. The molecule has 0 aliphatic carbocycles. The Bertz CT molecular complexity index is 909. The predicted octanol–water partition coefficient (Wildman–Crippen LogP) is 2.13. The summed E-state index contributed by atoms with van der Waals surface area (Å²) in [7, 11) is 0. The van der Waals surface area contributed by atoms with Gasteiger partial charge in [-0.15, -0.1) is 0 Å². The Hall–Kier alpha value is -2.61. The lowest BCUT2D eigenvalue weighted by Crippen LogP contribution is -2.36. The minimum atomic E-state index is -0.147. The Kier molecular flexibility index (Phi) is 4.75. The lowest BCUT2D eigenvalue weighted by Gasteiger charge is -2.26. The number of ether oxygens (including phenoxy) is 1. The topological polar surface area (TPSA) is 96.9 Å². The van der Waals surface area contributed by atoms with E-state index in [1.807, 2.05) is 25.4 Å². The van der Waals surface area contributed by atoms with Crippen LogP contribution in [0.15, 0.2) is 18.5 Å². The van der Waals surface area contributed by atoms with Gasteiger partial charge in [-0.3, -0.25) is 0 Å². The molecular formula is C18H24N6O2. The molecule has 138 valence electrons. The zero-order valence-corrected chi connectivity index (χ0v) is 14.9. The zero-order valence-electron chi connectivity index (χ0n) is 14.9. The quantitative estimate of drug-likeness (QED) is 0.652. The van der Waals surface area contributed by atoms with Crippen LogP contribution in [0.5, 0.6) is 0 Å². The van der Waals surface area contributed by atoms with E-state index in [2.05, 4.69) is 25.2 Å². The van der Waals surface area contributed by atoms with Gasteiger partial charge in [0.25, 0.3) is 0 Å². The van der Waals surface area contributed by atoms with Gasteiger partial charge in [0.1, 0.15) is 17.0 Å². The van der Waals surface area contributed by atoms with Gasteiger partial charge in [0, 0.05) is 37.7 Å². The maximum Gasteiger partial charge on any atom is 0.314 e. The van der Waals surface area contributed by atoms with Crippen molar-refractivity contribution in [1.29, 1.82) is 0 Å². The molecule has 3 aromatic rings. The molecule has 4 heterocycles. The highest BCUT2D eigenvalue weighted by Gasteiger charge is 2.23. The van der Waals surface area contributed by atoms with Gasteiger partial charge < -0.3 is 24.9 Å². The van der Waals surface area contributed by atoms with Crippen LogP contribution in [-0.4, -0.2) is 51.9 Å². The molecular weight excluding hydrogens is 332 g/mol. The van der Waals surface area contributed by atoms with Crippen LogP contribution >= 0.6 is 0 Å². The Morgan fingerprint density at radius 3 is 3.19 bits per heavy atom. The van der Waals surface area contributed by atoms with E-state index in [0.29, 0.717) is 26.1 Å². The van der Waals surface area contributed by atoms with E-state index in [9.17, 15) is 4.79 Å². The number of pyridine rings is 1. The molecule has 3 N–H and O–H groups in total. The molecule has 1 aliphatic rings. The number of imidazole rings is 1. The first-order chi connectivity index (χ1) is 12.8. The standard InChI is InChI=1S/C18H24N6O2/c1-2-19-18(25)21-8-6-15-23-14-10-22-17-13(5-7-20-17)16(14)24(15)12-4-3-9-26-11-12/h5,7,10,12H,2-4,6,8-9,11H2,1H3,(H,20,22)(H2,19,21,25). The second-order valence-electron chi connectivity index (χ2n) is 6.54. The first-order valence-corrected chi connectivity index (χ1v) is 9.20. The lowest BCUT2D eigenvalue weighted by atomic mass is 10.1. The summed E-state index contributed by atoms with van der Waals surface area (Å²) in [5.74, 6) is 0.961. The molecule has 0 saturated carbocycles. The van der Waals surface area contributed by atoms with Crippen molar-refractivity contribution < 1.29 is 9.53 Å². The molecule has 1 atom stereocenters. The summed E-state index contributed by atoms with van der Waals surface area (Å²) < 4.78 is 8.02. The van der Waals surface area contributed by atoms with Crippen LogP contribution in [0.4, 0.5) is 4.79 Å². The third-order valence-electron chi connectivity index (χ3n) is 4.78. The lowest BCUT2D eigenvalue weighted by molar-refractivity contribution is 0.0596. The number of aromatic amines is 1. The van der Waals surface area contributed by atoms with Gasteiger partial charge in [-0.2, -0.15) is 0 Å². The van der Waals surface area contributed by atoms with Crippen molar-refractivity contribution in [2.24, 2.45) is 0 Å². The average molecular weight is 356 g/mol. The number of urea groups is 1. The Morgan fingerprint density at radius 1 is 1.46 bits per heavy atom. The van der Waals surface area contributed by atoms with Crippen molar-refractivity contribution in [3.8, 4) is 0 Å². The van der Waals surface area contributed by atoms with Gasteiger partial charge >= 0.3 is 6.03 Å². The molecule has 0 bridgehead atoms. The average Bonchev–Trinajstić information content (AvgIpc) is 3.26. The number of hydrogen-bond donors (Lipinski definition) is 3. The zero-order chi connectivity index (χ0) is 17.9. The third-order valence-corrected chi connectivity index (χ3v) is 4.78. The van der Waals surface area contributed by atoms with E-state index in [0.717, 1.165) is 47.3 Å². The Labute approximate surface area is 151 Å². The van der Waals surface area contributed by atoms with E-state index >= 15 is 0 Å². The highest BCUT2D eigenvalue weighted by Crippen LogP contribution is 2.30. The Balaban J connectivity index is 1.70. The molecule has 1 aliphatic heterocycles. The number of hydrogen-bond acceptors (Lipinski definition) is 4. The smallest absolute Gasteiger partial charge is 0.314 e. The molecule has 2 amide bonds. The number of H-pyrrole nitrogens is 1. The van der Waals surface area contributed by atoms with Crippen LogP contribution in [0.1, 0.15) is 31.6 Å². The monoisotopic (exact) mass is 356 g/mol. The van der Waals surface area contributed by atoms with E-state index in [-0.39, 0.29) is 12.1 Å². The van der Waals surface area contributed by atoms with Crippen LogP contribution in [0.2, 0.25) is 0 Å². The van der Waals surface area contributed by atoms with Crippen molar-refractivity contribution in [2.75, 3.05) is 26.3 Å². The highest BCUT2D eigenvalue weighted by atomic mass is 16.5. The second-order valence-corrected chi connectivity index (χ2v) is 6.54. The molecule has 3 aromatic heterocycles. The van der Waals surface area contributed by atoms with Crippen molar-refractivity contribution in [2.45, 2.75) is 32.2 Å². The first kappa shape index (κ1) is 16.8. The Morgan fingerprint density at radius 2 is 2.38 bits per heavy atom. The summed E-state index contributed by atoms with van der Waals surface area (Å²) in [6.07, 6.45) is 6.49. The summed E-state index contributed by atoms with van der Waals surface area (Å²) >= 11 is 0. The molecule has 1 fully saturated rings. The maximum absolute atomic E-state index is 11.6. The van der Waals surface area contributed by atoms with Crippen molar-refractivity contribution in [1.82, 2.24) is 30.2 Å². The third kappa shape index (κ3) is 3.12. The molecule has 0 aromatic carbocycles. The van der Waals surface area contributed by atoms with Crippen molar-refractivity contribution in [3.63, 3.8) is 0 Å². The minimum Gasteiger partial charge on any atom is -0.379 e. The normalized spacial score (nSPS) is 17.7. The van der Waals surface area contributed by atoms with Crippen LogP contribution in [0.25, 0.3) is 22.1 Å². The van der Waals surface area contributed by atoms with Crippen LogP contribution in [0, 0.1) is 0 Å². The number of aromatic nitrogens is 4. The second kappa shape index (κ2) is 7.33. The van der Waals surface area contributed by atoms with Crippen molar-refractivity contribution in [3.05, 3.63) is 24.3 Å². The van der Waals surface area contributed by atoms with Gasteiger partial charge in [-0.1, -0.05) is 0 Å². The van der Waals surface area contributed by atoms with E-state index in [1.54, 1.807) is 0 Å². The van der Waals surface area contributed by atoms with Gasteiger partial charge in [0.05, 0.1) is 24.4 Å². The number of nitrogens with zero attached hydrogens (tertiary/aromatic N) is 3. The first-order valence-electron chi connectivity index (χ1n) is 9.20. The van der Waals surface area contributed by atoms with Gasteiger partial charge in [-0.05, 0) is 25.8 Å². The summed E-state index contributed by atoms with van der Waals surface area (Å²) in [4.78, 5) is 24.1. The van der Waals surface area contributed by atoms with Gasteiger partial charge in [0.2, 0.25) is 0 Å². The SMILES string of the molecule is CCNC(=O)NCCc1nc2cnc3[nH]ccc3c2n1C1CCCOC1. The fraction of sp³-hybridized carbons (Fsp3) is 0.500. The molecule has 0 radical (unpaired) electrons. The van der Waals surface area contributed by atoms with Gasteiger partial charge in [0.15, 0.2) is 0 Å².